The maximum absolute atomic E-state index is 12.1. The number of pyridine rings is 1. The number of nitrogens with one attached hydrogen (secondary N) is 1. The number of methoxy groups -OCH3 is 1. The number of nitrogens with zero attached hydrogens (tertiary/aromatic N) is 1. The Morgan fingerprint density at radius 1 is 1.40 bits per heavy atom. The molecule has 2 N–H and O–H groups in total. The van der Waals surface area contributed by atoms with Crippen LogP contribution in [0.3, 0.4) is 0 Å². The van der Waals surface area contributed by atoms with E-state index in [0.717, 1.165) is 0 Å². The van der Waals surface area contributed by atoms with Crippen molar-refractivity contribution in [2.75, 3.05) is 12.4 Å². The SMILES string of the molecule is COc1c(Br)cc(Cl)cc1NC(=O)c1cncc(O)c1. The van der Waals surface area contributed by atoms with Gasteiger partial charge in [0.2, 0.25) is 0 Å². The number of ether oxygens (including phenoxy) is 1. The molecule has 0 unspecified atom stereocenters. The van der Waals surface area contributed by atoms with Gasteiger partial charge in [-0.25, -0.2) is 0 Å². The lowest BCUT2D eigenvalue weighted by Crippen LogP contribution is -2.13. The van der Waals surface area contributed by atoms with Gasteiger partial charge in [0.05, 0.1) is 29.0 Å². The minimum Gasteiger partial charge on any atom is -0.506 e. The summed E-state index contributed by atoms with van der Waals surface area (Å²) < 4.78 is 5.83. The molecule has 0 aliphatic carbocycles. The number of hydrogen-bond donors (Lipinski definition) is 2. The maximum Gasteiger partial charge on any atom is 0.257 e. The Morgan fingerprint density at radius 3 is 2.80 bits per heavy atom. The van der Waals surface area contributed by atoms with Gasteiger partial charge in [-0.2, -0.15) is 0 Å². The average Bonchev–Trinajstić information content (AvgIpc) is 2.38. The highest BCUT2D eigenvalue weighted by Gasteiger charge is 2.14. The van der Waals surface area contributed by atoms with Crippen LogP contribution in [0.5, 0.6) is 11.5 Å². The lowest BCUT2D eigenvalue weighted by Gasteiger charge is -2.12. The third kappa shape index (κ3) is 3.20. The molecule has 20 heavy (non-hydrogen) atoms. The van der Waals surface area contributed by atoms with Gasteiger partial charge in [-0.15, -0.1) is 0 Å². The van der Waals surface area contributed by atoms with E-state index in [1.54, 1.807) is 12.1 Å². The van der Waals surface area contributed by atoms with Gasteiger partial charge in [0, 0.05) is 11.2 Å². The summed E-state index contributed by atoms with van der Waals surface area (Å²) in [7, 11) is 1.49. The van der Waals surface area contributed by atoms with Crippen molar-refractivity contribution in [3.05, 3.63) is 45.7 Å². The summed E-state index contributed by atoms with van der Waals surface area (Å²) in [6.07, 6.45) is 2.59. The Balaban J connectivity index is 2.32. The predicted molar refractivity (Wildman–Crippen MR) is 79.6 cm³/mol. The zero-order valence-corrected chi connectivity index (χ0v) is 12.7. The van der Waals surface area contributed by atoms with Gasteiger partial charge >= 0.3 is 0 Å². The molecule has 0 fully saturated rings. The lowest BCUT2D eigenvalue weighted by atomic mass is 10.2. The van der Waals surface area contributed by atoms with Crippen LogP contribution < -0.4 is 10.1 Å². The van der Waals surface area contributed by atoms with E-state index >= 15 is 0 Å². The summed E-state index contributed by atoms with van der Waals surface area (Å²) in [5.74, 6) is -0.0615. The van der Waals surface area contributed by atoms with Crippen LogP contribution in [0.15, 0.2) is 35.1 Å². The smallest absolute Gasteiger partial charge is 0.257 e. The van der Waals surface area contributed by atoms with E-state index in [0.29, 0.717) is 20.9 Å². The summed E-state index contributed by atoms with van der Waals surface area (Å²) in [6.45, 7) is 0. The van der Waals surface area contributed by atoms with E-state index in [1.807, 2.05) is 0 Å². The van der Waals surface area contributed by atoms with E-state index in [1.165, 1.54) is 25.6 Å². The summed E-state index contributed by atoms with van der Waals surface area (Å²) in [5.41, 5.74) is 0.642. The van der Waals surface area contributed by atoms with Gasteiger partial charge in [0.25, 0.3) is 5.91 Å². The van der Waals surface area contributed by atoms with Gasteiger partial charge in [-0.1, -0.05) is 11.6 Å². The number of aromatic nitrogens is 1. The number of halogens is 2. The Kier molecular flexibility index (Phi) is 4.46. The Labute approximate surface area is 128 Å². The molecule has 2 rings (SSSR count). The topological polar surface area (TPSA) is 71.5 Å². The standard InChI is InChI=1S/C13H10BrClN2O3/c1-20-12-10(14)3-8(15)4-11(12)17-13(19)7-2-9(18)6-16-5-7/h2-6,18H,1H3,(H,17,19). The molecule has 0 spiro atoms. The van der Waals surface area contributed by atoms with E-state index in [-0.39, 0.29) is 11.3 Å². The minimum atomic E-state index is -0.430. The van der Waals surface area contributed by atoms with Gasteiger partial charge in [0.1, 0.15) is 5.75 Å². The number of benzene rings is 1. The second kappa shape index (κ2) is 6.11. The Hall–Kier alpha value is -1.79. The molecule has 1 heterocycles. The van der Waals surface area contributed by atoms with Crippen LogP contribution in [0, 0.1) is 0 Å². The molecule has 5 nitrogen and oxygen atoms in total. The van der Waals surface area contributed by atoms with Crippen LogP contribution in [-0.2, 0) is 0 Å². The molecule has 0 saturated heterocycles. The van der Waals surface area contributed by atoms with Gasteiger partial charge in [0.15, 0.2) is 5.75 Å². The summed E-state index contributed by atoms with van der Waals surface area (Å²) in [6, 6.07) is 4.54. The number of anilines is 1. The highest BCUT2D eigenvalue weighted by atomic mass is 79.9. The summed E-state index contributed by atoms with van der Waals surface area (Å²) in [4.78, 5) is 15.8. The molecular formula is C13H10BrClN2O3. The van der Waals surface area contributed by atoms with Crippen molar-refractivity contribution in [2.45, 2.75) is 0 Å². The first kappa shape index (κ1) is 14.6. The zero-order valence-electron chi connectivity index (χ0n) is 10.4. The monoisotopic (exact) mass is 356 g/mol. The number of aromatic hydroxyl groups is 1. The fourth-order valence-corrected chi connectivity index (χ4v) is 2.58. The minimum absolute atomic E-state index is 0.0862. The van der Waals surface area contributed by atoms with Crippen LogP contribution >= 0.6 is 27.5 Å². The predicted octanol–water partition coefficient (Wildman–Crippen LogP) is 3.46. The highest BCUT2D eigenvalue weighted by Crippen LogP contribution is 2.36. The van der Waals surface area contributed by atoms with Crippen molar-refractivity contribution < 1.29 is 14.6 Å². The Bertz CT molecular complexity index is 664. The van der Waals surface area contributed by atoms with Crippen LogP contribution in [0.2, 0.25) is 5.02 Å². The molecule has 2 aromatic rings. The van der Waals surface area contributed by atoms with Crippen molar-refractivity contribution in [3.63, 3.8) is 0 Å². The average molecular weight is 358 g/mol. The molecule has 0 bridgehead atoms. The quantitative estimate of drug-likeness (QED) is 0.882. The molecule has 7 heteroatoms. The van der Waals surface area contributed by atoms with Crippen molar-refractivity contribution in [3.8, 4) is 11.5 Å². The molecule has 0 aliphatic rings. The van der Waals surface area contributed by atoms with Crippen LogP contribution in [0.25, 0.3) is 0 Å². The first-order chi connectivity index (χ1) is 9.51. The van der Waals surface area contributed by atoms with E-state index in [2.05, 4.69) is 26.2 Å². The normalized spacial score (nSPS) is 10.2. The molecule has 1 amide bonds. The number of rotatable bonds is 3. The molecule has 0 atom stereocenters. The number of carbonyl (C=O) groups excluding carboxylic acids is 1. The molecule has 0 radical (unpaired) electrons. The van der Waals surface area contributed by atoms with Crippen molar-refractivity contribution in [2.24, 2.45) is 0 Å². The highest BCUT2D eigenvalue weighted by molar-refractivity contribution is 9.10. The molecule has 104 valence electrons. The van der Waals surface area contributed by atoms with Crippen LogP contribution in [0.4, 0.5) is 5.69 Å². The molecule has 0 saturated carbocycles. The maximum atomic E-state index is 12.1. The molecule has 1 aromatic carbocycles. The third-order valence-electron chi connectivity index (χ3n) is 2.45. The molecule has 1 aromatic heterocycles. The number of carbonyl (C=O) groups is 1. The van der Waals surface area contributed by atoms with E-state index in [4.69, 9.17) is 16.3 Å². The number of amides is 1. The van der Waals surface area contributed by atoms with Crippen molar-refractivity contribution >= 4 is 39.1 Å². The van der Waals surface area contributed by atoms with E-state index < -0.39 is 5.91 Å². The van der Waals surface area contributed by atoms with Crippen LogP contribution in [0.1, 0.15) is 10.4 Å². The largest absolute Gasteiger partial charge is 0.506 e. The fourth-order valence-electron chi connectivity index (χ4n) is 1.61. The second-order valence-electron chi connectivity index (χ2n) is 3.85. The molecule has 0 aliphatic heterocycles. The molecular weight excluding hydrogens is 348 g/mol. The number of hydrogen-bond acceptors (Lipinski definition) is 4. The van der Waals surface area contributed by atoms with Crippen molar-refractivity contribution in [1.82, 2.24) is 4.98 Å². The van der Waals surface area contributed by atoms with Gasteiger partial charge in [-0.05, 0) is 34.1 Å². The first-order valence-electron chi connectivity index (χ1n) is 5.49. The van der Waals surface area contributed by atoms with Gasteiger partial charge < -0.3 is 15.2 Å². The summed E-state index contributed by atoms with van der Waals surface area (Å²) >= 11 is 9.25. The lowest BCUT2D eigenvalue weighted by molar-refractivity contribution is 0.102. The Morgan fingerprint density at radius 2 is 2.15 bits per heavy atom. The van der Waals surface area contributed by atoms with Crippen LogP contribution in [-0.4, -0.2) is 23.1 Å². The summed E-state index contributed by atoms with van der Waals surface area (Å²) in [5, 5.41) is 12.4. The third-order valence-corrected chi connectivity index (χ3v) is 3.25. The van der Waals surface area contributed by atoms with Crippen molar-refractivity contribution in [1.29, 1.82) is 0 Å². The first-order valence-corrected chi connectivity index (χ1v) is 6.66. The zero-order chi connectivity index (χ0) is 14.7. The second-order valence-corrected chi connectivity index (χ2v) is 5.15. The fraction of sp³-hybridized carbons (Fsp3) is 0.0769. The van der Waals surface area contributed by atoms with Gasteiger partial charge in [-0.3, -0.25) is 9.78 Å². The van der Waals surface area contributed by atoms with E-state index in [9.17, 15) is 9.90 Å².